The Morgan fingerprint density at radius 2 is 1.95 bits per heavy atom. The molecule has 0 aliphatic rings. The summed E-state index contributed by atoms with van der Waals surface area (Å²) >= 11 is 16.3. The molecule has 0 saturated heterocycles. The van der Waals surface area contributed by atoms with Crippen LogP contribution in [0.3, 0.4) is 0 Å². The quantitative estimate of drug-likeness (QED) is 0.655. The van der Waals surface area contributed by atoms with E-state index in [1.54, 1.807) is 6.07 Å². The lowest BCUT2D eigenvalue weighted by Crippen LogP contribution is -2.08. The van der Waals surface area contributed by atoms with Gasteiger partial charge in [0.15, 0.2) is 0 Å². The van der Waals surface area contributed by atoms with Gasteiger partial charge in [-0.3, -0.25) is 0 Å². The maximum Gasteiger partial charge on any atom is 0.150 e. The average molecular weight is 387 g/mol. The topological polar surface area (TPSA) is 12.0 Å². The highest BCUT2D eigenvalue weighted by atomic mass is 79.9. The van der Waals surface area contributed by atoms with Crippen LogP contribution in [-0.2, 0) is 0 Å². The van der Waals surface area contributed by atoms with E-state index < -0.39 is 11.6 Å². The van der Waals surface area contributed by atoms with Crippen molar-refractivity contribution in [3.8, 4) is 0 Å². The molecule has 0 spiro atoms. The zero-order valence-electron chi connectivity index (χ0n) is 9.61. The molecule has 2 rings (SSSR count). The van der Waals surface area contributed by atoms with E-state index in [0.717, 1.165) is 11.6 Å². The second-order valence-corrected chi connectivity index (χ2v) is 7.03. The zero-order chi connectivity index (χ0) is 14.2. The molecule has 1 N–H and O–H groups in total. The molecule has 1 aromatic heterocycles. The summed E-state index contributed by atoms with van der Waals surface area (Å²) in [5.74, 6) is -1.31. The molecule has 7 heteroatoms. The van der Waals surface area contributed by atoms with Gasteiger partial charge < -0.3 is 5.32 Å². The van der Waals surface area contributed by atoms with E-state index >= 15 is 0 Å². The average Bonchev–Trinajstić information content (AvgIpc) is 2.62. The molecule has 0 fully saturated rings. The monoisotopic (exact) mass is 385 g/mol. The zero-order valence-corrected chi connectivity index (χ0v) is 13.5. The number of halogens is 5. The second-order valence-electron chi connectivity index (χ2n) is 3.89. The van der Waals surface area contributed by atoms with Crippen LogP contribution in [0.4, 0.5) is 14.5 Å². The van der Waals surface area contributed by atoms with Crippen LogP contribution in [-0.4, -0.2) is 0 Å². The largest absolute Gasteiger partial charge is 0.375 e. The van der Waals surface area contributed by atoms with Crippen molar-refractivity contribution in [3.05, 3.63) is 48.5 Å². The molecule has 1 nitrogen and oxygen atoms in total. The highest BCUT2D eigenvalue weighted by Crippen LogP contribution is 2.37. The van der Waals surface area contributed by atoms with Gasteiger partial charge in [-0.15, -0.1) is 11.3 Å². The van der Waals surface area contributed by atoms with Gasteiger partial charge in [0, 0.05) is 16.1 Å². The lowest BCUT2D eigenvalue weighted by atomic mass is 10.1. The van der Waals surface area contributed by atoms with E-state index in [2.05, 4.69) is 21.2 Å². The molecule has 0 amide bonds. The summed E-state index contributed by atoms with van der Waals surface area (Å²) in [6, 6.07) is 3.48. The molecule has 0 radical (unpaired) electrons. The Labute approximate surface area is 131 Å². The fraction of sp³-hybridized carbons (Fsp3) is 0.167. The fourth-order valence-corrected chi connectivity index (χ4v) is 3.79. The molecule has 19 heavy (non-hydrogen) atoms. The van der Waals surface area contributed by atoms with Gasteiger partial charge >= 0.3 is 0 Å². The van der Waals surface area contributed by atoms with Gasteiger partial charge in [0.2, 0.25) is 0 Å². The van der Waals surface area contributed by atoms with Gasteiger partial charge in [-0.1, -0.05) is 23.2 Å². The highest BCUT2D eigenvalue weighted by molar-refractivity contribution is 9.10. The number of hydrogen-bond acceptors (Lipinski definition) is 2. The van der Waals surface area contributed by atoms with E-state index in [4.69, 9.17) is 23.2 Å². The van der Waals surface area contributed by atoms with Crippen molar-refractivity contribution < 1.29 is 8.78 Å². The molecule has 0 aliphatic heterocycles. The lowest BCUT2D eigenvalue weighted by Gasteiger charge is -2.16. The maximum absolute atomic E-state index is 13.7. The van der Waals surface area contributed by atoms with E-state index in [1.807, 2.05) is 6.92 Å². The van der Waals surface area contributed by atoms with Crippen LogP contribution in [0.2, 0.25) is 8.67 Å². The minimum atomic E-state index is -0.670. The van der Waals surface area contributed by atoms with Gasteiger partial charge in [0.1, 0.15) is 11.6 Å². The van der Waals surface area contributed by atoms with E-state index in [0.29, 0.717) is 13.1 Å². The lowest BCUT2D eigenvalue weighted by molar-refractivity contribution is 0.582. The number of nitrogens with one attached hydrogen (secondary N) is 1. The van der Waals surface area contributed by atoms with Crippen LogP contribution in [0.15, 0.2) is 22.7 Å². The molecule has 0 aliphatic carbocycles. The van der Waals surface area contributed by atoms with Gasteiger partial charge in [0.05, 0.1) is 20.4 Å². The predicted molar refractivity (Wildman–Crippen MR) is 80.4 cm³/mol. The minimum absolute atomic E-state index is 0.187. The Kier molecular flexibility index (Phi) is 4.71. The molecule has 1 heterocycles. The third kappa shape index (κ3) is 3.40. The van der Waals surface area contributed by atoms with Gasteiger partial charge in [-0.05, 0) is 35.0 Å². The molecular weight excluding hydrogens is 379 g/mol. The second kappa shape index (κ2) is 5.95. The number of rotatable bonds is 3. The van der Waals surface area contributed by atoms with Crippen LogP contribution in [0.5, 0.6) is 0 Å². The summed E-state index contributed by atoms with van der Waals surface area (Å²) in [5.41, 5.74) is 0.958. The number of anilines is 1. The van der Waals surface area contributed by atoms with Crippen LogP contribution in [0, 0.1) is 11.6 Å². The Hall–Kier alpha value is -0.360. The van der Waals surface area contributed by atoms with Gasteiger partial charge in [0.25, 0.3) is 0 Å². The molecular formula is C12H8BrCl2F2NS. The van der Waals surface area contributed by atoms with Crippen molar-refractivity contribution in [1.29, 1.82) is 0 Å². The SMILES string of the molecule is CC(Nc1c(F)cc(F)cc1Br)c1cc(Cl)sc1Cl. The van der Waals surface area contributed by atoms with Crippen molar-refractivity contribution in [2.75, 3.05) is 5.32 Å². The van der Waals surface area contributed by atoms with Crippen molar-refractivity contribution in [2.24, 2.45) is 0 Å². The summed E-state index contributed by atoms with van der Waals surface area (Å²) < 4.78 is 28.1. The van der Waals surface area contributed by atoms with Crippen LogP contribution < -0.4 is 5.32 Å². The first-order chi connectivity index (χ1) is 8.88. The summed E-state index contributed by atoms with van der Waals surface area (Å²) in [7, 11) is 0. The smallest absolute Gasteiger partial charge is 0.150 e. The van der Waals surface area contributed by atoms with E-state index in [1.165, 1.54) is 17.4 Å². The summed E-state index contributed by atoms with van der Waals surface area (Å²) in [4.78, 5) is 0. The Morgan fingerprint density at radius 3 is 2.47 bits per heavy atom. The highest BCUT2D eigenvalue weighted by Gasteiger charge is 2.17. The molecule has 0 saturated carbocycles. The molecule has 2 aromatic rings. The minimum Gasteiger partial charge on any atom is -0.375 e. The Balaban J connectivity index is 2.29. The normalized spacial score (nSPS) is 12.5. The van der Waals surface area contributed by atoms with E-state index in [-0.39, 0.29) is 11.7 Å². The number of hydrogen-bond donors (Lipinski definition) is 1. The summed E-state index contributed by atoms with van der Waals surface area (Å²) in [5, 5.41) is 2.95. The number of thiophene rings is 1. The first-order valence-electron chi connectivity index (χ1n) is 5.24. The summed E-state index contributed by atoms with van der Waals surface area (Å²) in [6.07, 6.45) is 0. The van der Waals surface area contributed by atoms with Crippen LogP contribution in [0.1, 0.15) is 18.5 Å². The summed E-state index contributed by atoms with van der Waals surface area (Å²) in [6.45, 7) is 1.82. The van der Waals surface area contributed by atoms with Crippen molar-refractivity contribution >= 4 is 56.2 Å². The van der Waals surface area contributed by atoms with Gasteiger partial charge in [-0.2, -0.15) is 0 Å². The molecule has 1 aromatic carbocycles. The third-order valence-electron chi connectivity index (χ3n) is 2.52. The van der Waals surface area contributed by atoms with Gasteiger partial charge in [-0.25, -0.2) is 8.78 Å². The Bertz CT molecular complexity index is 595. The van der Waals surface area contributed by atoms with Crippen LogP contribution >= 0.6 is 50.5 Å². The standard InChI is InChI=1S/C12H8BrCl2F2NS/c1-5(7-4-10(14)19-12(7)15)18-11-8(13)2-6(16)3-9(11)17/h2-5,18H,1H3. The third-order valence-corrected chi connectivity index (χ3v) is 4.66. The molecule has 1 unspecified atom stereocenters. The van der Waals surface area contributed by atoms with E-state index in [9.17, 15) is 8.78 Å². The molecule has 1 atom stereocenters. The van der Waals surface area contributed by atoms with Crippen molar-refractivity contribution in [1.82, 2.24) is 0 Å². The Morgan fingerprint density at radius 1 is 1.26 bits per heavy atom. The first kappa shape index (κ1) is 15.0. The van der Waals surface area contributed by atoms with Crippen molar-refractivity contribution in [2.45, 2.75) is 13.0 Å². The molecule has 0 bridgehead atoms. The van der Waals surface area contributed by atoms with Crippen molar-refractivity contribution in [3.63, 3.8) is 0 Å². The predicted octanol–water partition coefficient (Wildman–Crippen LogP) is 6.27. The van der Waals surface area contributed by atoms with Crippen LogP contribution in [0.25, 0.3) is 0 Å². The maximum atomic E-state index is 13.7. The first-order valence-corrected chi connectivity index (χ1v) is 7.61. The fourth-order valence-electron chi connectivity index (χ4n) is 1.62. The molecule has 102 valence electrons. The number of benzene rings is 1.